The molecule has 1 amide bonds. The van der Waals surface area contributed by atoms with Crippen molar-refractivity contribution >= 4 is 23.3 Å². The second kappa shape index (κ2) is 7.34. The van der Waals surface area contributed by atoms with Crippen molar-refractivity contribution in [3.05, 3.63) is 23.4 Å². The number of hydrogen-bond donors (Lipinski definition) is 2. The summed E-state index contributed by atoms with van der Waals surface area (Å²) in [5.41, 5.74) is 5.67. The smallest absolute Gasteiger partial charge is 0.225 e. The Morgan fingerprint density at radius 1 is 1.56 bits per heavy atom. The molecule has 1 aromatic rings. The predicted molar refractivity (Wildman–Crippen MR) is 74.5 cm³/mol. The highest BCUT2D eigenvalue weighted by Gasteiger charge is 2.14. The van der Waals surface area contributed by atoms with E-state index in [0.29, 0.717) is 29.7 Å². The number of halogens is 1. The maximum absolute atomic E-state index is 11.8. The molecule has 1 heterocycles. The lowest BCUT2D eigenvalue weighted by atomic mass is 9.94. The van der Waals surface area contributed by atoms with Crippen LogP contribution in [0.15, 0.2) is 18.3 Å². The number of rotatable bonds is 6. The Kier molecular flexibility index (Phi) is 6.09. The van der Waals surface area contributed by atoms with Crippen LogP contribution >= 0.6 is 11.6 Å². The molecular formula is C13H20ClN3O. The average Bonchev–Trinajstić information content (AvgIpc) is 2.27. The number of carbonyl (C=O) groups excluding carboxylic acids is 1. The lowest BCUT2D eigenvalue weighted by Crippen LogP contribution is -2.23. The highest BCUT2D eigenvalue weighted by atomic mass is 35.5. The van der Waals surface area contributed by atoms with E-state index >= 15 is 0 Å². The topological polar surface area (TPSA) is 68.0 Å². The molecule has 0 spiro atoms. The Hall–Kier alpha value is -1.13. The number of nitrogens with one attached hydrogen (secondary N) is 1. The van der Waals surface area contributed by atoms with Gasteiger partial charge in [0.25, 0.3) is 0 Å². The van der Waals surface area contributed by atoms with Crippen molar-refractivity contribution in [1.82, 2.24) is 4.98 Å². The van der Waals surface area contributed by atoms with Gasteiger partial charge in [-0.2, -0.15) is 0 Å². The third-order valence-electron chi connectivity index (χ3n) is 2.60. The summed E-state index contributed by atoms with van der Waals surface area (Å²) in [5.74, 6) is 1.16. The van der Waals surface area contributed by atoms with Crippen LogP contribution in [0.5, 0.6) is 0 Å². The fourth-order valence-electron chi connectivity index (χ4n) is 1.86. The molecule has 1 aromatic heterocycles. The Morgan fingerprint density at radius 3 is 2.83 bits per heavy atom. The van der Waals surface area contributed by atoms with Crippen LogP contribution in [0.4, 0.5) is 5.82 Å². The maximum Gasteiger partial charge on any atom is 0.225 e. The molecule has 0 bridgehead atoms. The lowest BCUT2D eigenvalue weighted by molar-refractivity contribution is -0.117. The quantitative estimate of drug-likeness (QED) is 0.834. The Labute approximate surface area is 113 Å². The van der Waals surface area contributed by atoms with Crippen molar-refractivity contribution < 1.29 is 4.79 Å². The van der Waals surface area contributed by atoms with Gasteiger partial charge in [0.1, 0.15) is 5.82 Å². The molecule has 0 aliphatic heterocycles. The van der Waals surface area contributed by atoms with Crippen LogP contribution in [-0.4, -0.2) is 17.4 Å². The van der Waals surface area contributed by atoms with E-state index in [4.69, 9.17) is 17.3 Å². The van der Waals surface area contributed by atoms with Crippen molar-refractivity contribution in [2.75, 3.05) is 11.9 Å². The first-order valence-electron chi connectivity index (χ1n) is 6.12. The normalized spacial score (nSPS) is 12.5. The first-order chi connectivity index (χ1) is 8.51. The summed E-state index contributed by atoms with van der Waals surface area (Å²) in [4.78, 5) is 15.9. The molecule has 1 unspecified atom stereocenters. The number of nitrogens with zero attached hydrogens (tertiary/aromatic N) is 1. The minimum absolute atomic E-state index is 0.0686. The summed E-state index contributed by atoms with van der Waals surface area (Å²) in [7, 11) is 0. The van der Waals surface area contributed by atoms with Crippen LogP contribution < -0.4 is 11.1 Å². The third kappa shape index (κ3) is 5.47. The molecule has 0 aromatic carbocycles. The standard InChI is InChI=1S/C13H20ClN3O/c1-9(2)5-10(8-15)6-13(18)17-12-7-11(14)3-4-16-12/h3-4,7,9-10H,5-6,8,15H2,1-2H3,(H,16,17,18). The van der Waals surface area contributed by atoms with Crippen LogP contribution in [-0.2, 0) is 4.79 Å². The Balaban J connectivity index is 2.50. The van der Waals surface area contributed by atoms with Crippen molar-refractivity contribution in [3.8, 4) is 0 Å². The molecule has 100 valence electrons. The first-order valence-corrected chi connectivity index (χ1v) is 6.50. The molecule has 1 rings (SSSR count). The van der Waals surface area contributed by atoms with Gasteiger partial charge in [0, 0.05) is 17.6 Å². The van der Waals surface area contributed by atoms with Crippen LogP contribution in [0.1, 0.15) is 26.7 Å². The van der Waals surface area contributed by atoms with Crippen molar-refractivity contribution in [1.29, 1.82) is 0 Å². The first kappa shape index (κ1) is 14.9. The fourth-order valence-corrected chi connectivity index (χ4v) is 2.02. The van der Waals surface area contributed by atoms with Gasteiger partial charge in [-0.05, 0) is 36.9 Å². The zero-order valence-corrected chi connectivity index (χ0v) is 11.6. The van der Waals surface area contributed by atoms with Crippen molar-refractivity contribution in [3.63, 3.8) is 0 Å². The monoisotopic (exact) mass is 269 g/mol. The summed E-state index contributed by atoms with van der Waals surface area (Å²) < 4.78 is 0. The van der Waals surface area contributed by atoms with Crippen molar-refractivity contribution in [2.45, 2.75) is 26.7 Å². The van der Waals surface area contributed by atoms with E-state index in [9.17, 15) is 4.79 Å². The van der Waals surface area contributed by atoms with E-state index in [1.807, 2.05) is 0 Å². The summed E-state index contributed by atoms with van der Waals surface area (Å²) in [5, 5.41) is 3.28. The van der Waals surface area contributed by atoms with Gasteiger partial charge in [-0.25, -0.2) is 4.98 Å². The third-order valence-corrected chi connectivity index (χ3v) is 2.84. The van der Waals surface area contributed by atoms with Crippen LogP contribution in [0.3, 0.4) is 0 Å². The number of aromatic nitrogens is 1. The SMILES string of the molecule is CC(C)CC(CN)CC(=O)Nc1cc(Cl)ccn1. The van der Waals surface area contributed by atoms with E-state index in [-0.39, 0.29) is 11.8 Å². The van der Waals surface area contributed by atoms with Gasteiger partial charge in [-0.15, -0.1) is 0 Å². The van der Waals surface area contributed by atoms with Crippen molar-refractivity contribution in [2.24, 2.45) is 17.6 Å². The molecule has 0 radical (unpaired) electrons. The highest BCUT2D eigenvalue weighted by Crippen LogP contribution is 2.16. The number of pyridine rings is 1. The maximum atomic E-state index is 11.8. The molecule has 0 fully saturated rings. The molecule has 0 aliphatic carbocycles. The molecule has 0 saturated heterocycles. The van der Waals surface area contributed by atoms with Crippen LogP contribution in [0, 0.1) is 11.8 Å². The zero-order chi connectivity index (χ0) is 13.5. The van der Waals surface area contributed by atoms with E-state index < -0.39 is 0 Å². The minimum Gasteiger partial charge on any atom is -0.330 e. The minimum atomic E-state index is -0.0686. The average molecular weight is 270 g/mol. The number of anilines is 1. The predicted octanol–water partition coefficient (Wildman–Crippen LogP) is 2.68. The molecule has 1 atom stereocenters. The Bertz CT molecular complexity index is 396. The van der Waals surface area contributed by atoms with Gasteiger partial charge in [-0.3, -0.25) is 4.79 Å². The van der Waals surface area contributed by atoms with E-state index in [0.717, 1.165) is 6.42 Å². The summed E-state index contributed by atoms with van der Waals surface area (Å²) >= 11 is 5.82. The van der Waals surface area contributed by atoms with Crippen LogP contribution in [0.25, 0.3) is 0 Å². The molecule has 0 saturated carbocycles. The van der Waals surface area contributed by atoms with Gasteiger partial charge < -0.3 is 11.1 Å². The molecule has 0 aliphatic rings. The zero-order valence-electron chi connectivity index (χ0n) is 10.8. The number of nitrogens with two attached hydrogens (primary N) is 1. The highest BCUT2D eigenvalue weighted by molar-refractivity contribution is 6.30. The van der Waals surface area contributed by atoms with Gasteiger partial charge in [0.2, 0.25) is 5.91 Å². The van der Waals surface area contributed by atoms with Gasteiger partial charge >= 0.3 is 0 Å². The Morgan fingerprint density at radius 2 is 2.28 bits per heavy atom. The van der Waals surface area contributed by atoms with Gasteiger partial charge in [0.15, 0.2) is 0 Å². The molecule has 5 heteroatoms. The largest absolute Gasteiger partial charge is 0.330 e. The van der Waals surface area contributed by atoms with E-state index in [1.54, 1.807) is 18.3 Å². The fraction of sp³-hybridized carbons (Fsp3) is 0.538. The second-order valence-electron chi connectivity index (χ2n) is 4.84. The van der Waals surface area contributed by atoms with Gasteiger partial charge in [-0.1, -0.05) is 25.4 Å². The number of carbonyl (C=O) groups is 1. The summed E-state index contributed by atoms with van der Waals surface area (Å²) in [6.45, 7) is 4.77. The van der Waals surface area contributed by atoms with Crippen LogP contribution in [0.2, 0.25) is 5.02 Å². The second-order valence-corrected chi connectivity index (χ2v) is 5.28. The molecular weight excluding hydrogens is 250 g/mol. The van der Waals surface area contributed by atoms with E-state index in [2.05, 4.69) is 24.1 Å². The number of amides is 1. The molecule has 4 nitrogen and oxygen atoms in total. The van der Waals surface area contributed by atoms with Gasteiger partial charge in [0.05, 0.1) is 0 Å². The summed E-state index contributed by atoms with van der Waals surface area (Å²) in [6.07, 6.45) is 2.93. The molecule has 18 heavy (non-hydrogen) atoms. The number of hydrogen-bond acceptors (Lipinski definition) is 3. The van der Waals surface area contributed by atoms with E-state index in [1.165, 1.54) is 0 Å². The molecule has 3 N–H and O–H groups in total. The summed E-state index contributed by atoms with van der Waals surface area (Å²) in [6, 6.07) is 3.29. The lowest BCUT2D eigenvalue weighted by Gasteiger charge is -2.16.